The number of rotatable bonds is 4. The Bertz CT molecular complexity index is 869. The second-order valence-electron chi connectivity index (χ2n) is 4.69. The van der Waals surface area contributed by atoms with Gasteiger partial charge in [0.15, 0.2) is 5.17 Å². The topological polar surface area (TPSA) is 88.7 Å². The lowest BCUT2D eigenvalue weighted by molar-refractivity contribution is -0.115. The standard InChI is InChI=1S/C15H12N2O4S2/c18-14-13(9-12-7-4-8-21-12)22-15(16-14)17-23(19,20)10-11-5-2-1-3-6-11/h1-9H,10H2,(H,16,17,18). The summed E-state index contributed by atoms with van der Waals surface area (Å²) in [6.45, 7) is 0. The first kappa shape index (κ1) is 15.6. The predicted molar refractivity (Wildman–Crippen MR) is 88.9 cm³/mol. The summed E-state index contributed by atoms with van der Waals surface area (Å²) in [5.74, 6) is -0.110. The smallest absolute Gasteiger partial charge is 0.264 e. The molecule has 1 fully saturated rings. The van der Waals surface area contributed by atoms with Crippen LogP contribution in [0, 0.1) is 0 Å². The highest BCUT2D eigenvalue weighted by atomic mass is 32.2. The van der Waals surface area contributed by atoms with Crippen LogP contribution in [0.15, 0.2) is 62.4 Å². The summed E-state index contributed by atoms with van der Waals surface area (Å²) in [6.07, 6.45) is 3.02. The number of amidine groups is 1. The third-order valence-corrected chi connectivity index (χ3v) is 5.07. The fraction of sp³-hybridized carbons (Fsp3) is 0.0667. The quantitative estimate of drug-likeness (QED) is 0.857. The van der Waals surface area contributed by atoms with Gasteiger partial charge in [-0.15, -0.1) is 4.40 Å². The zero-order valence-electron chi connectivity index (χ0n) is 11.8. The van der Waals surface area contributed by atoms with Crippen molar-refractivity contribution in [2.45, 2.75) is 5.75 Å². The number of hydrogen-bond acceptors (Lipinski definition) is 5. The number of nitrogens with one attached hydrogen (secondary N) is 1. The van der Waals surface area contributed by atoms with Gasteiger partial charge in [-0.3, -0.25) is 10.1 Å². The summed E-state index contributed by atoms with van der Waals surface area (Å²) in [6, 6.07) is 12.1. The van der Waals surface area contributed by atoms with Crippen molar-refractivity contribution in [1.29, 1.82) is 0 Å². The first-order valence-electron chi connectivity index (χ1n) is 6.63. The van der Waals surface area contributed by atoms with Gasteiger partial charge >= 0.3 is 0 Å². The van der Waals surface area contributed by atoms with Crippen LogP contribution in [0.1, 0.15) is 11.3 Å². The molecule has 1 aliphatic rings. The van der Waals surface area contributed by atoms with E-state index in [-0.39, 0.29) is 10.9 Å². The van der Waals surface area contributed by atoms with Crippen LogP contribution in [-0.4, -0.2) is 19.5 Å². The highest BCUT2D eigenvalue weighted by Crippen LogP contribution is 2.27. The molecule has 1 aromatic carbocycles. The SMILES string of the molecule is O=C1NC(=NS(=O)(=O)Cc2ccccc2)SC1=Cc1ccco1. The van der Waals surface area contributed by atoms with E-state index in [1.54, 1.807) is 42.5 Å². The van der Waals surface area contributed by atoms with E-state index in [1.807, 2.05) is 0 Å². The van der Waals surface area contributed by atoms with Gasteiger partial charge in [-0.2, -0.15) is 0 Å². The monoisotopic (exact) mass is 348 g/mol. The molecule has 118 valence electrons. The number of hydrogen-bond donors (Lipinski definition) is 1. The lowest BCUT2D eigenvalue weighted by atomic mass is 10.2. The second-order valence-corrected chi connectivity index (χ2v) is 7.35. The Labute approximate surface area is 137 Å². The lowest BCUT2D eigenvalue weighted by Gasteiger charge is -2.00. The van der Waals surface area contributed by atoms with Crippen LogP contribution >= 0.6 is 11.8 Å². The summed E-state index contributed by atoms with van der Waals surface area (Å²) in [7, 11) is -3.73. The van der Waals surface area contributed by atoms with E-state index in [2.05, 4.69) is 9.71 Å². The van der Waals surface area contributed by atoms with E-state index in [1.165, 1.54) is 12.3 Å². The molecule has 0 atom stereocenters. The van der Waals surface area contributed by atoms with Crippen LogP contribution in [-0.2, 0) is 20.6 Å². The van der Waals surface area contributed by atoms with Crippen LogP contribution in [0.25, 0.3) is 6.08 Å². The maximum atomic E-state index is 12.1. The van der Waals surface area contributed by atoms with Crippen LogP contribution in [0.3, 0.4) is 0 Å². The van der Waals surface area contributed by atoms with Gasteiger partial charge < -0.3 is 4.42 Å². The van der Waals surface area contributed by atoms with Gasteiger partial charge in [0, 0.05) is 6.08 Å². The van der Waals surface area contributed by atoms with E-state index in [4.69, 9.17) is 4.42 Å². The van der Waals surface area contributed by atoms with Gasteiger partial charge in [0.05, 0.1) is 16.9 Å². The normalized spacial score (nSPS) is 18.5. The van der Waals surface area contributed by atoms with Crippen LogP contribution in [0.2, 0.25) is 0 Å². The third-order valence-electron chi connectivity index (χ3n) is 2.88. The van der Waals surface area contributed by atoms with E-state index in [0.29, 0.717) is 16.2 Å². The van der Waals surface area contributed by atoms with Crippen molar-refractivity contribution in [3.8, 4) is 0 Å². The van der Waals surface area contributed by atoms with Gasteiger partial charge in [-0.1, -0.05) is 30.3 Å². The molecular weight excluding hydrogens is 336 g/mol. The number of benzene rings is 1. The number of thioether (sulfide) groups is 1. The molecular formula is C15H12N2O4S2. The molecule has 1 aliphatic heterocycles. The van der Waals surface area contributed by atoms with Crippen molar-refractivity contribution in [3.05, 3.63) is 65.0 Å². The maximum absolute atomic E-state index is 12.1. The molecule has 0 bridgehead atoms. The second kappa shape index (κ2) is 6.43. The Morgan fingerprint density at radius 1 is 1.17 bits per heavy atom. The van der Waals surface area contributed by atoms with Gasteiger partial charge in [-0.05, 0) is 29.5 Å². The molecule has 3 rings (SSSR count). The average molecular weight is 348 g/mol. The minimum absolute atomic E-state index is 0.0451. The molecule has 2 aromatic rings. The van der Waals surface area contributed by atoms with E-state index >= 15 is 0 Å². The summed E-state index contributed by atoms with van der Waals surface area (Å²) < 4.78 is 33.0. The first-order chi connectivity index (χ1) is 11.0. The molecule has 0 unspecified atom stereocenters. The molecule has 0 aliphatic carbocycles. The van der Waals surface area contributed by atoms with Gasteiger partial charge in [0.25, 0.3) is 15.9 Å². The molecule has 0 radical (unpaired) electrons. The number of nitrogens with zero attached hydrogens (tertiary/aromatic N) is 1. The van der Waals surface area contributed by atoms with Crippen molar-refractivity contribution in [2.24, 2.45) is 4.40 Å². The van der Waals surface area contributed by atoms with Crippen LogP contribution in [0.5, 0.6) is 0 Å². The molecule has 1 saturated heterocycles. The maximum Gasteiger partial charge on any atom is 0.264 e. The summed E-state index contributed by atoms with van der Waals surface area (Å²) >= 11 is 0.966. The molecule has 2 heterocycles. The van der Waals surface area contributed by atoms with Gasteiger partial charge in [0.2, 0.25) is 0 Å². The zero-order valence-corrected chi connectivity index (χ0v) is 13.4. The number of furan rings is 1. The molecule has 0 saturated carbocycles. The number of sulfonamides is 1. The van der Waals surface area contributed by atoms with Crippen LogP contribution < -0.4 is 5.32 Å². The van der Waals surface area contributed by atoms with Crippen LogP contribution in [0.4, 0.5) is 0 Å². The Balaban J connectivity index is 1.77. The average Bonchev–Trinajstić information content (AvgIpc) is 3.10. The fourth-order valence-electron chi connectivity index (χ4n) is 1.92. The van der Waals surface area contributed by atoms with E-state index < -0.39 is 15.9 Å². The van der Waals surface area contributed by atoms with Gasteiger partial charge in [0.1, 0.15) is 5.76 Å². The molecule has 1 amide bonds. The minimum atomic E-state index is -3.73. The Morgan fingerprint density at radius 2 is 1.96 bits per heavy atom. The Kier molecular flexibility index (Phi) is 4.35. The highest BCUT2D eigenvalue weighted by Gasteiger charge is 2.26. The molecule has 0 spiro atoms. The highest BCUT2D eigenvalue weighted by molar-refractivity contribution is 8.19. The molecule has 23 heavy (non-hydrogen) atoms. The Hall–Kier alpha value is -2.32. The third kappa shape index (κ3) is 4.11. The van der Waals surface area contributed by atoms with Crippen molar-refractivity contribution >= 4 is 38.9 Å². The van der Waals surface area contributed by atoms with Gasteiger partial charge in [-0.25, -0.2) is 8.42 Å². The summed E-state index contributed by atoms with van der Waals surface area (Å²) in [5, 5.41) is 2.49. The number of carbonyl (C=O) groups excluding carboxylic acids is 1. The van der Waals surface area contributed by atoms with E-state index in [9.17, 15) is 13.2 Å². The predicted octanol–water partition coefficient (Wildman–Crippen LogP) is 2.37. The Morgan fingerprint density at radius 3 is 2.65 bits per heavy atom. The zero-order chi connectivity index (χ0) is 16.3. The largest absolute Gasteiger partial charge is 0.465 e. The molecule has 8 heteroatoms. The van der Waals surface area contributed by atoms with E-state index in [0.717, 1.165) is 11.8 Å². The minimum Gasteiger partial charge on any atom is -0.465 e. The molecule has 1 N–H and O–H groups in total. The molecule has 1 aromatic heterocycles. The number of amides is 1. The fourth-order valence-corrected chi connectivity index (χ4v) is 4.05. The molecule has 6 nitrogen and oxygen atoms in total. The summed E-state index contributed by atoms with van der Waals surface area (Å²) in [4.78, 5) is 12.2. The van der Waals surface area contributed by atoms with Crippen molar-refractivity contribution < 1.29 is 17.6 Å². The lowest BCUT2D eigenvalue weighted by Crippen LogP contribution is -2.21. The number of carbonyl (C=O) groups is 1. The summed E-state index contributed by atoms with van der Waals surface area (Å²) in [5.41, 5.74) is 0.637. The first-order valence-corrected chi connectivity index (χ1v) is 9.05. The van der Waals surface area contributed by atoms with Crippen molar-refractivity contribution in [3.63, 3.8) is 0 Å². The van der Waals surface area contributed by atoms with Crippen molar-refractivity contribution in [1.82, 2.24) is 5.32 Å². The van der Waals surface area contributed by atoms with Crippen molar-refractivity contribution in [2.75, 3.05) is 0 Å².